The van der Waals surface area contributed by atoms with Crippen molar-refractivity contribution in [2.45, 2.75) is 36.6 Å². The van der Waals surface area contributed by atoms with Gasteiger partial charge in [0.2, 0.25) is 0 Å². The van der Waals surface area contributed by atoms with E-state index in [1.165, 1.54) is 0 Å². The van der Waals surface area contributed by atoms with E-state index in [0.29, 0.717) is 10.2 Å². The fourth-order valence-corrected chi connectivity index (χ4v) is 3.08. The van der Waals surface area contributed by atoms with Crippen LogP contribution >= 0.6 is 23.2 Å². The molecule has 4 heteroatoms. The Hall–Kier alpha value is -0.310. The largest absolute Gasteiger partial charge is 0.324 e. The van der Waals surface area contributed by atoms with Gasteiger partial charge >= 0.3 is 0 Å². The van der Waals surface area contributed by atoms with Gasteiger partial charge in [-0.05, 0) is 37.3 Å². The van der Waals surface area contributed by atoms with Crippen molar-refractivity contribution in [2.75, 3.05) is 0 Å². The minimum atomic E-state index is -0.0217. The number of nitrogens with zero attached hydrogens (tertiary/aromatic N) is 1. The Balaban J connectivity index is 2.06. The van der Waals surface area contributed by atoms with Crippen molar-refractivity contribution in [3.05, 3.63) is 28.0 Å². The highest BCUT2D eigenvalue weighted by Gasteiger charge is 2.64. The molecule has 0 unspecified atom stereocenters. The molecule has 0 amide bonds. The number of hydrogen-bond acceptors (Lipinski definition) is 2. The van der Waals surface area contributed by atoms with E-state index in [1.807, 2.05) is 0 Å². The van der Waals surface area contributed by atoms with Crippen molar-refractivity contribution in [3.63, 3.8) is 0 Å². The lowest BCUT2D eigenvalue weighted by molar-refractivity contribution is 0.502. The fourth-order valence-electron chi connectivity index (χ4n) is 2.53. The van der Waals surface area contributed by atoms with Gasteiger partial charge in [0.25, 0.3) is 0 Å². The minimum absolute atomic E-state index is 0.0217. The first-order valence-electron chi connectivity index (χ1n) is 5.18. The highest BCUT2D eigenvalue weighted by atomic mass is 35.5. The topological polar surface area (TPSA) is 38.9 Å². The van der Waals surface area contributed by atoms with Crippen LogP contribution in [0, 0.1) is 0 Å². The lowest BCUT2D eigenvalue weighted by atomic mass is 9.87. The van der Waals surface area contributed by atoms with Gasteiger partial charge in [0.15, 0.2) is 0 Å². The van der Waals surface area contributed by atoms with Crippen LogP contribution in [0.1, 0.15) is 31.2 Å². The second-order valence-electron chi connectivity index (χ2n) is 4.73. The van der Waals surface area contributed by atoms with Gasteiger partial charge in [-0.2, -0.15) is 0 Å². The van der Waals surface area contributed by atoms with Crippen LogP contribution in [0.4, 0.5) is 0 Å². The summed E-state index contributed by atoms with van der Waals surface area (Å²) in [6, 6.07) is 1.71. The number of halogens is 2. The molecule has 2 aliphatic rings. The molecule has 2 aliphatic carbocycles. The Morgan fingerprint density at radius 3 is 2.33 bits per heavy atom. The number of nitrogens with two attached hydrogens (primary N) is 1. The highest BCUT2D eigenvalue weighted by molar-refractivity contribution is 6.34. The zero-order valence-corrected chi connectivity index (χ0v) is 9.78. The summed E-state index contributed by atoms with van der Waals surface area (Å²) in [6.45, 7) is 0. The first-order valence-corrected chi connectivity index (χ1v) is 5.93. The van der Waals surface area contributed by atoms with Gasteiger partial charge in [-0.25, -0.2) is 4.98 Å². The molecule has 2 N–H and O–H groups in total. The molecule has 0 spiro atoms. The average molecular weight is 243 g/mol. The molecule has 0 saturated heterocycles. The third-order valence-corrected chi connectivity index (χ3v) is 4.35. The average Bonchev–Trinajstić information content (AvgIpc) is 3.01. The van der Waals surface area contributed by atoms with Crippen LogP contribution in [0.25, 0.3) is 0 Å². The molecule has 0 atom stereocenters. The summed E-state index contributed by atoms with van der Waals surface area (Å²) in [4.78, 5) is 4.11. The lowest BCUT2D eigenvalue weighted by Crippen LogP contribution is -2.37. The lowest BCUT2D eigenvalue weighted by Gasteiger charge is -2.23. The third-order valence-electron chi connectivity index (χ3n) is 3.83. The van der Waals surface area contributed by atoms with Gasteiger partial charge in [-0.1, -0.05) is 23.2 Å². The van der Waals surface area contributed by atoms with E-state index in [0.717, 1.165) is 31.2 Å². The summed E-state index contributed by atoms with van der Waals surface area (Å²) in [5.74, 6) is 0. The first-order chi connectivity index (χ1) is 7.07. The summed E-state index contributed by atoms with van der Waals surface area (Å²) in [5.41, 5.74) is 7.47. The standard InChI is InChI=1S/C11H12Cl2N2/c12-8-5-9(13)15-6-7(8)10(1-2-10)11(14)3-4-11/h5-6H,1-4,14H2. The molecule has 1 aromatic rings. The number of hydrogen-bond donors (Lipinski definition) is 1. The Morgan fingerprint density at radius 2 is 1.87 bits per heavy atom. The molecule has 3 rings (SSSR count). The Bertz CT molecular complexity index is 423. The summed E-state index contributed by atoms with van der Waals surface area (Å²) in [5, 5.41) is 1.16. The van der Waals surface area contributed by atoms with Crippen LogP contribution in [-0.4, -0.2) is 10.5 Å². The molecule has 80 valence electrons. The predicted molar refractivity (Wildman–Crippen MR) is 61.3 cm³/mol. The normalized spacial score (nSPS) is 25.0. The summed E-state index contributed by atoms with van der Waals surface area (Å²) in [7, 11) is 0. The van der Waals surface area contributed by atoms with Crippen LogP contribution in [0.15, 0.2) is 12.3 Å². The van der Waals surface area contributed by atoms with E-state index in [4.69, 9.17) is 28.9 Å². The van der Waals surface area contributed by atoms with E-state index in [-0.39, 0.29) is 11.0 Å². The first kappa shape index (κ1) is 9.88. The van der Waals surface area contributed by atoms with Gasteiger partial charge in [0.1, 0.15) is 5.15 Å². The summed E-state index contributed by atoms with van der Waals surface area (Å²) < 4.78 is 0. The Labute approximate surface area is 98.8 Å². The van der Waals surface area contributed by atoms with Crippen LogP contribution in [0.5, 0.6) is 0 Å². The summed E-state index contributed by atoms with van der Waals surface area (Å²) >= 11 is 12.0. The second-order valence-corrected chi connectivity index (χ2v) is 5.52. The van der Waals surface area contributed by atoms with Crippen molar-refractivity contribution < 1.29 is 0 Å². The smallest absolute Gasteiger partial charge is 0.130 e. The zero-order chi connectivity index (χ0) is 10.7. The Morgan fingerprint density at radius 1 is 1.20 bits per heavy atom. The SMILES string of the molecule is NC1(C2(c3cnc(Cl)cc3Cl)CC2)CC1. The molecule has 15 heavy (non-hydrogen) atoms. The van der Waals surface area contributed by atoms with E-state index >= 15 is 0 Å². The minimum Gasteiger partial charge on any atom is -0.324 e. The molecule has 1 heterocycles. The van der Waals surface area contributed by atoms with Gasteiger partial charge in [-0.3, -0.25) is 0 Å². The molecular formula is C11H12Cl2N2. The molecule has 0 aliphatic heterocycles. The molecule has 2 nitrogen and oxygen atoms in total. The molecule has 2 fully saturated rings. The fraction of sp³-hybridized carbons (Fsp3) is 0.545. The second kappa shape index (κ2) is 2.88. The maximum absolute atomic E-state index is 6.31. The van der Waals surface area contributed by atoms with Gasteiger partial charge < -0.3 is 5.73 Å². The van der Waals surface area contributed by atoms with Crippen molar-refractivity contribution in [2.24, 2.45) is 5.73 Å². The van der Waals surface area contributed by atoms with E-state index in [1.54, 1.807) is 12.3 Å². The predicted octanol–water partition coefficient (Wildman–Crippen LogP) is 2.91. The van der Waals surface area contributed by atoms with E-state index in [2.05, 4.69) is 4.98 Å². The van der Waals surface area contributed by atoms with Gasteiger partial charge in [-0.15, -0.1) is 0 Å². The number of rotatable bonds is 2. The monoisotopic (exact) mass is 242 g/mol. The van der Waals surface area contributed by atoms with Crippen LogP contribution < -0.4 is 5.73 Å². The van der Waals surface area contributed by atoms with Crippen molar-refractivity contribution >= 4 is 23.2 Å². The molecule has 1 aromatic heterocycles. The summed E-state index contributed by atoms with van der Waals surface area (Å²) in [6.07, 6.45) is 6.27. The third kappa shape index (κ3) is 1.32. The zero-order valence-electron chi connectivity index (χ0n) is 8.26. The number of aromatic nitrogens is 1. The van der Waals surface area contributed by atoms with E-state index < -0.39 is 0 Å². The molecular weight excluding hydrogens is 231 g/mol. The maximum Gasteiger partial charge on any atom is 0.130 e. The van der Waals surface area contributed by atoms with Crippen molar-refractivity contribution in [3.8, 4) is 0 Å². The molecule has 2 saturated carbocycles. The Kier molecular flexibility index (Phi) is 1.89. The molecule has 0 aromatic carbocycles. The van der Waals surface area contributed by atoms with Gasteiger partial charge in [0.05, 0.1) is 0 Å². The van der Waals surface area contributed by atoms with Gasteiger partial charge in [0, 0.05) is 22.2 Å². The van der Waals surface area contributed by atoms with Crippen LogP contribution in [-0.2, 0) is 5.41 Å². The van der Waals surface area contributed by atoms with Crippen molar-refractivity contribution in [1.82, 2.24) is 4.98 Å². The molecule has 0 bridgehead atoms. The number of pyridine rings is 1. The highest BCUT2D eigenvalue weighted by Crippen LogP contribution is 2.64. The maximum atomic E-state index is 6.31. The van der Waals surface area contributed by atoms with E-state index in [9.17, 15) is 0 Å². The van der Waals surface area contributed by atoms with Crippen LogP contribution in [0.2, 0.25) is 10.2 Å². The van der Waals surface area contributed by atoms with Crippen LogP contribution in [0.3, 0.4) is 0 Å². The van der Waals surface area contributed by atoms with Crippen molar-refractivity contribution in [1.29, 1.82) is 0 Å². The molecule has 0 radical (unpaired) electrons. The quantitative estimate of drug-likeness (QED) is 0.811.